The first-order valence-corrected chi connectivity index (χ1v) is 5.69. The van der Waals surface area contributed by atoms with E-state index in [9.17, 15) is 14.4 Å². The molecule has 0 atom stereocenters. The van der Waals surface area contributed by atoms with Gasteiger partial charge >= 0.3 is 0 Å². The lowest BCUT2D eigenvalue weighted by Crippen LogP contribution is -2.20. The first kappa shape index (κ1) is 13.2. The van der Waals surface area contributed by atoms with Gasteiger partial charge in [0.15, 0.2) is 12.0 Å². The fourth-order valence-electron chi connectivity index (χ4n) is 2.34. The van der Waals surface area contributed by atoms with Crippen LogP contribution in [-0.2, 0) is 18.2 Å². The number of aldehydes is 1. The standard InChI is InChI=1S/C13H13NO5/c1-14-8(3-4-15)7(6-16)11-12(14)9(17)5-10(19-2)13(11)18/h5-6,15H,3-4H2,1-2H3. The van der Waals surface area contributed by atoms with Crippen LogP contribution in [-0.4, -0.2) is 41.2 Å². The van der Waals surface area contributed by atoms with Crippen molar-refractivity contribution < 1.29 is 24.2 Å². The van der Waals surface area contributed by atoms with Crippen LogP contribution in [0.15, 0.2) is 11.8 Å². The lowest BCUT2D eigenvalue weighted by atomic mass is 9.96. The third-order valence-electron chi connectivity index (χ3n) is 3.19. The van der Waals surface area contributed by atoms with Gasteiger partial charge in [0.2, 0.25) is 11.6 Å². The molecular formula is C13H13NO5. The van der Waals surface area contributed by atoms with E-state index < -0.39 is 5.78 Å². The molecule has 0 saturated heterocycles. The summed E-state index contributed by atoms with van der Waals surface area (Å²) in [4.78, 5) is 35.4. The molecule has 0 amide bonds. The Hall–Kier alpha value is -2.21. The number of carbonyl (C=O) groups is 3. The van der Waals surface area contributed by atoms with E-state index in [1.807, 2.05) is 0 Å². The average molecular weight is 263 g/mol. The molecule has 6 heteroatoms. The maximum atomic E-state index is 12.2. The molecule has 1 aromatic rings. The Morgan fingerprint density at radius 1 is 1.42 bits per heavy atom. The van der Waals surface area contributed by atoms with Crippen molar-refractivity contribution in [3.05, 3.63) is 34.3 Å². The van der Waals surface area contributed by atoms with Gasteiger partial charge in [-0.2, -0.15) is 0 Å². The molecule has 0 aliphatic heterocycles. The Kier molecular flexibility index (Phi) is 3.35. The van der Waals surface area contributed by atoms with Gasteiger partial charge < -0.3 is 14.4 Å². The van der Waals surface area contributed by atoms with Crippen LogP contribution < -0.4 is 0 Å². The maximum absolute atomic E-state index is 12.2. The molecule has 0 radical (unpaired) electrons. The number of hydrogen-bond acceptors (Lipinski definition) is 5. The summed E-state index contributed by atoms with van der Waals surface area (Å²) in [6.07, 6.45) is 1.84. The second-order valence-corrected chi connectivity index (χ2v) is 4.14. The predicted molar refractivity (Wildman–Crippen MR) is 65.3 cm³/mol. The number of ketones is 2. The summed E-state index contributed by atoms with van der Waals surface area (Å²) in [7, 11) is 2.88. The number of hydrogen-bond donors (Lipinski definition) is 1. The Bertz CT molecular complexity index is 609. The molecule has 0 saturated carbocycles. The molecule has 1 heterocycles. The third kappa shape index (κ3) is 1.80. The number of methoxy groups -OCH3 is 1. The van der Waals surface area contributed by atoms with Gasteiger partial charge in [-0.15, -0.1) is 0 Å². The van der Waals surface area contributed by atoms with E-state index >= 15 is 0 Å². The van der Waals surface area contributed by atoms with Crippen LogP contribution in [0, 0.1) is 0 Å². The van der Waals surface area contributed by atoms with Gasteiger partial charge in [-0.05, 0) is 0 Å². The first-order valence-electron chi connectivity index (χ1n) is 5.69. The van der Waals surface area contributed by atoms with Gasteiger partial charge in [-0.25, -0.2) is 0 Å². The Balaban J connectivity index is 2.74. The number of carbonyl (C=O) groups excluding carboxylic acids is 3. The summed E-state index contributed by atoms with van der Waals surface area (Å²) in [5.41, 5.74) is 0.837. The predicted octanol–water partition coefficient (Wildman–Crippen LogP) is 0.282. The van der Waals surface area contributed by atoms with Gasteiger partial charge in [-0.1, -0.05) is 0 Å². The highest BCUT2D eigenvalue weighted by Gasteiger charge is 2.34. The number of aliphatic hydroxyl groups excluding tert-OH is 1. The van der Waals surface area contributed by atoms with Gasteiger partial charge in [0.1, 0.15) is 5.69 Å². The van der Waals surface area contributed by atoms with Crippen molar-refractivity contribution in [3.8, 4) is 0 Å². The van der Waals surface area contributed by atoms with Crippen LogP contribution in [0.4, 0.5) is 0 Å². The van der Waals surface area contributed by atoms with E-state index in [0.29, 0.717) is 12.0 Å². The van der Waals surface area contributed by atoms with Crippen molar-refractivity contribution in [1.29, 1.82) is 0 Å². The van der Waals surface area contributed by atoms with Crippen LogP contribution in [0.2, 0.25) is 0 Å². The zero-order valence-corrected chi connectivity index (χ0v) is 10.6. The van der Waals surface area contributed by atoms with E-state index in [0.717, 1.165) is 6.08 Å². The van der Waals surface area contributed by atoms with E-state index in [2.05, 4.69) is 0 Å². The van der Waals surface area contributed by atoms with Gasteiger partial charge in [0.25, 0.3) is 0 Å². The molecule has 0 spiro atoms. The first-order chi connectivity index (χ1) is 9.06. The largest absolute Gasteiger partial charge is 0.492 e. The van der Waals surface area contributed by atoms with Crippen LogP contribution in [0.1, 0.15) is 36.9 Å². The number of nitrogens with zero attached hydrogens (tertiary/aromatic N) is 1. The summed E-state index contributed by atoms with van der Waals surface area (Å²) in [6, 6.07) is 0. The van der Waals surface area contributed by atoms with E-state index in [4.69, 9.17) is 9.84 Å². The van der Waals surface area contributed by atoms with Crippen molar-refractivity contribution in [2.45, 2.75) is 6.42 Å². The summed E-state index contributed by atoms with van der Waals surface area (Å²) < 4.78 is 6.34. The summed E-state index contributed by atoms with van der Waals surface area (Å²) in [6.45, 7) is -0.176. The number of fused-ring (bicyclic) bond motifs is 1. The van der Waals surface area contributed by atoms with Crippen molar-refractivity contribution >= 4 is 17.9 Å². The molecule has 0 aromatic carbocycles. The minimum Gasteiger partial charge on any atom is -0.492 e. The molecule has 1 aromatic heterocycles. The monoisotopic (exact) mass is 263 g/mol. The Morgan fingerprint density at radius 2 is 2.11 bits per heavy atom. The van der Waals surface area contributed by atoms with Crippen LogP contribution in [0.3, 0.4) is 0 Å². The van der Waals surface area contributed by atoms with E-state index in [1.165, 1.54) is 11.7 Å². The molecule has 6 nitrogen and oxygen atoms in total. The van der Waals surface area contributed by atoms with Crippen LogP contribution in [0.5, 0.6) is 0 Å². The summed E-state index contributed by atoms with van der Waals surface area (Å²) in [5, 5.41) is 9.02. The number of ether oxygens (including phenoxy) is 1. The van der Waals surface area contributed by atoms with E-state index in [-0.39, 0.29) is 41.4 Å². The maximum Gasteiger partial charge on any atom is 0.230 e. The highest BCUT2D eigenvalue weighted by atomic mass is 16.5. The minimum absolute atomic E-state index is 0.0605. The lowest BCUT2D eigenvalue weighted by Gasteiger charge is -2.12. The van der Waals surface area contributed by atoms with Gasteiger partial charge in [0.05, 0.1) is 12.7 Å². The SMILES string of the molecule is COC1=CC(=O)c2c(c(C=O)c(CCO)n2C)C1=O. The zero-order valence-electron chi connectivity index (χ0n) is 10.6. The molecule has 1 aliphatic rings. The number of aromatic nitrogens is 1. The Labute approximate surface area is 109 Å². The summed E-state index contributed by atoms with van der Waals surface area (Å²) in [5.74, 6) is -0.957. The summed E-state index contributed by atoms with van der Waals surface area (Å²) >= 11 is 0. The molecular weight excluding hydrogens is 250 g/mol. The zero-order chi connectivity index (χ0) is 14.2. The highest BCUT2D eigenvalue weighted by molar-refractivity contribution is 6.25. The highest BCUT2D eigenvalue weighted by Crippen LogP contribution is 2.28. The van der Waals surface area contributed by atoms with Crippen LogP contribution >= 0.6 is 0 Å². The lowest BCUT2D eigenvalue weighted by molar-refractivity contribution is 0.0911. The number of aliphatic hydroxyl groups is 1. The molecule has 0 unspecified atom stereocenters. The number of rotatable bonds is 4. The van der Waals surface area contributed by atoms with Crippen molar-refractivity contribution in [3.63, 3.8) is 0 Å². The second-order valence-electron chi connectivity index (χ2n) is 4.14. The number of allylic oxidation sites excluding steroid dienone is 2. The molecule has 100 valence electrons. The van der Waals surface area contributed by atoms with Crippen LogP contribution in [0.25, 0.3) is 0 Å². The van der Waals surface area contributed by atoms with Gasteiger partial charge in [-0.3, -0.25) is 14.4 Å². The fraction of sp³-hybridized carbons (Fsp3) is 0.308. The minimum atomic E-state index is -0.487. The molecule has 2 rings (SSSR count). The average Bonchev–Trinajstić information content (AvgIpc) is 2.68. The Morgan fingerprint density at radius 3 is 2.63 bits per heavy atom. The van der Waals surface area contributed by atoms with Crippen molar-refractivity contribution in [2.24, 2.45) is 7.05 Å². The molecule has 1 aliphatic carbocycles. The smallest absolute Gasteiger partial charge is 0.230 e. The quantitative estimate of drug-likeness (QED) is 0.789. The molecule has 0 fully saturated rings. The van der Waals surface area contributed by atoms with E-state index in [1.54, 1.807) is 7.05 Å². The third-order valence-corrected chi connectivity index (χ3v) is 3.19. The molecule has 19 heavy (non-hydrogen) atoms. The van der Waals surface area contributed by atoms with Gasteiger partial charge in [0, 0.05) is 37.4 Å². The topological polar surface area (TPSA) is 85.6 Å². The van der Waals surface area contributed by atoms with Crippen molar-refractivity contribution in [1.82, 2.24) is 4.57 Å². The fourth-order valence-corrected chi connectivity index (χ4v) is 2.34. The molecule has 1 N–H and O–H groups in total. The van der Waals surface area contributed by atoms with Crippen molar-refractivity contribution in [2.75, 3.05) is 13.7 Å². The molecule has 0 bridgehead atoms. The number of Topliss-reactive ketones (excluding diaryl/α,β-unsaturated/α-hetero) is 1. The normalized spacial score (nSPS) is 14.2. The second kappa shape index (κ2) is 4.81.